The molecule has 3 rings (SSSR count). The van der Waals surface area contributed by atoms with Gasteiger partial charge in [0, 0.05) is 18.3 Å². The molecule has 0 bridgehead atoms. The third kappa shape index (κ3) is 5.88. The Labute approximate surface area is 179 Å². The number of hydrogen-bond acceptors (Lipinski definition) is 6. The van der Waals surface area contributed by atoms with Crippen LogP contribution in [0.3, 0.4) is 0 Å². The highest BCUT2D eigenvalue weighted by Crippen LogP contribution is 2.26. The summed E-state index contributed by atoms with van der Waals surface area (Å²) >= 11 is 1.15. The van der Waals surface area contributed by atoms with Crippen LogP contribution in [0.15, 0.2) is 51.2 Å². The first kappa shape index (κ1) is 21.9. The van der Waals surface area contributed by atoms with E-state index in [9.17, 15) is 13.2 Å². The molecule has 0 fully saturated rings. The summed E-state index contributed by atoms with van der Waals surface area (Å²) in [5.41, 5.74) is 2.25. The lowest BCUT2D eigenvalue weighted by Gasteiger charge is -2.04. The highest BCUT2D eigenvalue weighted by molar-refractivity contribution is 7.91. The first-order valence-corrected chi connectivity index (χ1v) is 11.7. The lowest BCUT2D eigenvalue weighted by Crippen LogP contribution is -2.24. The molecule has 0 aliphatic rings. The van der Waals surface area contributed by atoms with Gasteiger partial charge in [0.2, 0.25) is 15.9 Å². The highest BCUT2D eigenvalue weighted by Gasteiger charge is 2.16. The number of aromatic nitrogens is 1. The molecule has 158 valence electrons. The van der Waals surface area contributed by atoms with E-state index in [0.29, 0.717) is 23.7 Å². The van der Waals surface area contributed by atoms with Crippen molar-refractivity contribution in [2.24, 2.45) is 0 Å². The van der Waals surface area contributed by atoms with Crippen molar-refractivity contribution in [2.75, 3.05) is 11.9 Å². The van der Waals surface area contributed by atoms with Gasteiger partial charge in [-0.3, -0.25) is 4.79 Å². The lowest BCUT2D eigenvalue weighted by molar-refractivity contribution is -0.114. The zero-order valence-electron chi connectivity index (χ0n) is 16.7. The third-order valence-corrected chi connectivity index (χ3v) is 7.24. The number of carbonyl (C=O) groups excluding carboxylic acids is 1. The summed E-state index contributed by atoms with van der Waals surface area (Å²) in [6.45, 7) is 3.51. The van der Waals surface area contributed by atoms with E-state index in [0.717, 1.165) is 29.1 Å². The maximum Gasteiger partial charge on any atom is 0.250 e. The van der Waals surface area contributed by atoms with Crippen LogP contribution in [-0.4, -0.2) is 26.0 Å². The van der Waals surface area contributed by atoms with Gasteiger partial charge in [-0.05, 0) is 49.6 Å². The van der Waals surface area contributed by atoms with Crippen molar-refractivity contribution < 1.29 is 17.7 Å². The van der Waals surface area contributed by atoms with Crippen LogP contribution < -0.4 is 10.0 Å². The Bertz CT molecular complexity index is 1130. The van der Waals surface area contributed by atoms with Crippen molar-refractivity contribution in [1.82, 2.24) is 9.88 Å². The Hall–Kier alpha value is -2.75. The predicted octanol–water partition coefficient (Wildman–Crippen LogP) is 4.08. The van der Waals surface area contributed by atoms with Gasteiger partial charge in [-0.25, -0.2) is 13.1 Å². The van der Waals surface area contributed by atoms with Crippen molar-refractivity contribution in [1.29, 1.82) is 0 Å². The van der Waals surface area contributed by atoms with E-state index in [2.05, 4.69) is 15.2 Å². The number of amides is 1. The molecule has 2 heterocycles. The summed E-state index contributed by atoms with van der Waals surface area (Å²) in [5, 5.41) is 6.53. The number of nitrogens with one attached hydrogen (secondary N) is 2. The molecule has 2 N–H and O–H groups in total. The first-order valence-electron chi connectivity index (χ1n) is 9.40. The minimum Gasteiger partial charge on any atom is -0.354 e. The van der Waals surface area contributed by atoms with Crippen molar-refractivity contribution in [3.05, 3.63) is 64.4 Å². The summed E-state index contributed by atoms with van der Waals surface area (Å²) in [5.74, 6) is 0.179. The standard InChI is InChI=1S/C21H23N3O4S2/c1-15-21(23-16(2)25)19(28-24-15)12-10-18-11-13-20(29-18)30(26,27)22-14-6-9-17-7-4-3-5-8-17/h3-5,7-8,10-13,22H,6,9,14H2,1-2H3,(H,23,25)/b12-10+. The minimum atomic E-state index is -3.55. The van der Waals surface area contributed by atoms with Crippen LogP contribution >= 0.6 is 11.3 Å². The van der Waals surface area contributed by atoms with Crippen LogP contribution in [-0.2, 0) is 21.2 Å². The average molecular weight is 446 g/mol. The molecule has 0 aliphatic heterocycles. The molecule has 0 radical (unpaired) electrons. The molecule has 3 aromatic rings. The molecule has 0 atom stereocenters. The van der Waals surface area contributed by atoms with Crippen molar-refractivity contribution >= 4 is 45.1 Å². The molecule has 9 heteroatoms. The van der Waals surface area contributed by atoms with Gasteiger partial charge < -0.3 is 9.84 Å². The summed E-state index contributed by atoms with van der Waals surface area (Å²) in [6, 6.07) is 13.3. The van der Waals surface area contributed by atoms with Crippen LogP contribution in [0.5, 0.6) is 0 Å². The maximum atomic E-state index is 12.5. The SMILES string of the molecule is CC(=O)Nc1c(C)noc1/C=C/c1ccc(S(=O)(=O)NCCCc2ccccc2)s1. The number of sulfonamides is 1. The minimum absolute atomic E-state index is 0.223. The summed E-state index contributed by atoms with van der Waals surface area (Å²) in [4.78, 5) is 12.1. The van der Waals surface area contributed by atoms with Gasteiger partial charge in [-0.2, -0.15) is 0 Å². The van der Waals surface area contributed by atoms with Crippen molar-refractivity contribution in [2.45, 2.75) is 30.9 Å². The van der Waals surface area contributed by atoms with Crippen LogP contribution in [0.2, 0.25) is 0 Å². The van der Waals surface area contributed by atoms with Crippen LogP contribution in [0.4, 0.5) is 5.69 Å². The zero-order valence-corrected chi connectivity index (χ0v) is 18.3. The van der Waals surface area contributed by atoms with Crippen LogP contribution in [0.25, 0.3) is 12.2 Å². The van der Waals surface area contributed by atoms with E-state index in [1.54, 1.807) is 31.2 Å². The van der Waals surface area contributed by atoms with Crippen molar-refractivity contribution in [3.8, 4) is 0 Å². The highest BCUT2D eigenvalue weighted by atomic mass is 32.2. The molecule has 30 heavy (non-hydrogen) atoms. The molecule has 2 aromatic heterocycles. The van der Waals surface area contributed by atoms with Gasteiger partial charge in [0.05, 0.1) is 0 Å². The fourth-order valence-corrected chi connectivity index (χ4v) is 5.12. The fourth-order valence-electron chi connectivity index (χ4n) is 2.77. The quantitative estimate of drug-likeness (QED) is 0.483. The normalized spacial score (nSPS) is 11.8. The Morgan fingerprint density at radius 2 is 1.93 bits per heavy atom. The number of thiophene rings is 1. The molecule has 1 aromatic carbocycles. The van der Waals surface area contributed by atoms with Gasteiger partial charge in [0.1, 0.15) is 15.6 Å². The van der Waals surface area contributed by atoms with Gasteiger partial charge >= 0.3 is 0 Å². The van der Waals surface area contributed by atoms with E-state index in [1.165, 1.54) is 12.5 Å². The smallest absolute Gasteiger partial charge is 0.250 e. The molecule has 0 unspecified atom stereocenters. The second-order valence-electron chi connectivity index (χ2n) is 6.67. The Balaban J connectivity index is 1.60. The Morgan fingerprint density at radius 3 is 2.67 bits per heavy atom. The number of rotatable bonds is 9. The number of hydrogen-bond donors (Lipinski definition) is 2. The number of benzene rings is 1. The molecule has 0 aliphatic carbocycles. The second-order valence-corrected chi connectivity index (χ2v) is 9.77. The van der Waals surface area contributed by atoms with E-state index >= 15 is 0 Å². The maximum absolute atomic E-state index is 12.5. The number of carbonyl (C=O) groups is 1. The number of anilines is 1. The van der Waals surface area contributed by atoms with Crippen LogP contribution in [0, 0.1) is 6.92 Å². The fraction of sp³-hybridized carbons (Fsp3) is 0.238. The molecule has 7 nitrogen and oxygen atoms in total. The lowest BCUT2D eigenvalue weighted by atomic mass is 10.1. The number of nitrogens with zero attached hydrogens (tertiary/aromatic N) is 1. The van der Waals surface area contributed by atoms with E-state index in [-0.39, 0.29) is 10.1 Å². The van der Waals surface area contributed by atoms with Crippen molar-refractivity contribution in [3.63, 3.8) is 0 Å². The van der Waals surface area contributed by atoms with Gasteiger partial charge in [0.25, 0.3) is 0 Å². The van der Waals surface area contributed by atoms with E-state index in [1.807, 2.05) is 30.3 Å². The monoisotopic (exact) mass is 445 g/mol. The van der Waals surface area contributed by atoms with Gasteiger partial charge in [-0.1, -0.05) is 35.5 Å². The predicted molar refractivity (Wildman–Crippen MR) is 119 cm³/mol. The first-order chi connectivity index (χ1) is 14.3. The molecule has 0 spiro atoms. The summed E-state index contributed by atoms with van der Waals surface area (Å²) < 4.78 is 33.1. The zero-order chi connectivity index (χ0) is 21.6. The molecule has 0 saturated carbocycles. The van der Waals surface area contributed by atoms with Gasteiger partial charge in [-0.15, -0.1) is 11.3 Å². The number of aryl methyl sites for hydroxylation is 2. The second kappa shape index (κ2) is 9.84. The summed E-state index contributed by atoms with van der Waals surface area (Å²) in [7, 11) is -3.55. The Morgan fingerprint density at radius 1 is 1.17 bits per heavy atom. The van der Waals surface area contributed by atoms with E-state index in [4.69, 9.17) is 4.52 Å². The van der Waals surface area contributed by atoms with Crippen LogP contribution in [0.1, 0.15) is 35.2 Å². The molecule has 1 amide bonds. The Kier molecular flexibility index (Phi) is 7.20. The largest absolute Gasteiger partial charge is 0.354 e. The molecular formula is C21H23N3O4S2. The van der Waals surface area contributed by atoms with E-state index < -0.39 is 10.0 Å². The summed E-state index contributed by atoms with van der Waals surface area (Å²) in [6.07, 6.45) is 4.92. The topological polar surface area (TPSA) is 101 Å². The molecule has 0 saturated heterocycles. The third-order valence-electron chi connectivity index (χ3n) is 4.23. The molecular weight excluding hydrogens is 422 g/mol. The van der Waals surface area contributed by atoms with Gasteiger partial charge in [0.15, 0.2) is 5.76 Å². The average Bonchev–Trinajstić information content (AvgIpc) is 3.32.